The average molecular weight is 166 g/mol. The van der Waals surface area contributed by atoms with Crippen LogP contribution in [-0.2, 0) is 0 Å². The molecule has 3 saturated heterocycles. The second-order valence-corrected chi connectivity index (χ2v) is 4.28. The van der Waals surface area contributed by atoms with Gasteiger partial charge in [0.05, 0.1) is 11.3 Å². The Labute approximate surface area is 72.0 Å². The molecule has 0 amide bonds. The molecule has 0 aromatic heterocycles. The molecular formula is C9H14N2O. The average Bonchev–Trinajstić information content (AvgIpc) is 2.88. The molecule has 4 aliphatic rings. The number of piperidine rings is 3. The van der Waals surface area contributed by atoms with E-state index in [1.807, 2.05) is 0 Å². The van der Waals surface area contributed by atoms with Crippen molar-refractivity contribution in [3.05, 3.63) is 0 Å². The van der Waals surface area contributed by atoms with E-state index in [9.17, 15) is 0 Å². The van der Waals surface area contributed by atoms with Crippen LogP contribution in [0.2, 0.25) is 0 Å². The van der Waals surface area contributed by atoms with Gasteiger partial charge in [0.25, 0.3) is 0 Å². The van der Waals surface area contributed by atoms with Gasteiger partial charge < -0.3 is 5.21 Å². The molecule has 3 nitrogen and oxygen atoms in total. The van der Waals surface area contributed by atoms with Crippen molar-refractivity contribution < 1.29 is 5.21 Å². The summed E-state index contributed by atoms with van der Waals surface area (Å²) in [5.41, 5.74) is 1.34. The Balaban J connectivity index is 2.02. The van der Waals surface area contributed by atoms with Gasteiger partial charge in [0.1, 0.15) is 0 Å². The highest BCUT2D eigenvalue weighted by Gasteiger charge is 2.58. The van der Waals surface area contributed by atoms with Crippen LogP contribution in [0.4, 0.5) is 0 Å². The van der Waals surface area contributed by atoms with E-state index in [-0.39, 0.29) is 5.54 Å². The van der Waals surface area contributed by atoms with Gasteiger partial charge in [-0.3, -0.25) is 4.90 Å². The minimum absolute atomic E-state index is 0.246. The fourth-order valence-electron chi connectivity index (χ4n) is 2.99. The van der Waals surface area contributed by atoms with Gasteiger partial charge in [-0.2, -0.15) is 0 Å². The molecule has 0 atom stereocenters. The van der Waals surface area contributed by atoms with Crippen LogP contribution < -0.4 is 0 Å². The van der Waals surface area contributed by atoms with E-state index in [2.05, 4.69) is 10.1 Å². The molecule has 12 heavy (non-hydrogen) atoms. The normalized spacial score (nSPS) is 45.5. The van der Waals surface area contributed by atoms with Crippen LogP contribution in [-0.4, -0.2) is 34.4 Å². The maximum absolute atomic E-state index is 8.95. The third-order valence-electron chi connectivity index (χ3n) is 3.80. The van der Waals surface area contributed by atoms with E-state index in [0.717, 1.165) is 5.71 Å². The first-order valence-electron chi connectivity index (χ1n) is 4.84. The van der Waals surface area contributed by atoms with Gasteiger partial charge in [0.2, 0.25) is 0 Å². The maximum atomic E-state index is 8.95. The molecule has 1 saturated carbocycles. The SMILES string of the molecule is O/N=C1\C2CCN(CC2)C12CC2. The summed E-state index contributed by atoms with van der Waals surface area (Å²) < 4.78 is 0. The first kappa shape index (κ1) is 6.89. The number of hydrogen-bond acceptors (Lipinski definition) is 3. The van der Waals surface area contributed by atoms with Crippen molar-refractivity contribution in [2.75, 3.05) is 13.1 Å². The van der Waals surface area contributed by atoms with Crippen LogP contribution in [0.5, 0.6) is 0 Å². The van der Waals surface area contributed by atoms with E-state index in [1.54, 1.807) is 0 Å². The highest BCUT2D eigenvalue weighted by atomic mass is 16.4. The summed E-state index contributed by atoms with van der Waals surface area (Å²) in [5, 5.41) is 12.5. The lowest BCUT2D eigenvalue weighted by Gasteiger charge is -2.46. The van der Waals surface area contributed by atoms with Crippen molar-refractivity contribution in [1.82, 2.24) is 4.90 Å². The molecule has 3 heteroatoms. The molecule has 0 aromatic carbocycles. The summed E-state index contributed by atoms with van der Waals surface area (Å²) >= 11 is 0. The molecule has 1 N–H and O–H groups in total. The summed E-state index contributed by atoms with van der Waals surface area (Å²) in [6, 6.07) is 0. The van der Waals surface area contributed by atoms with Gasteiger partial charge in [-0.25, -0.2) is 0 Å². The molecule has 2 bridgehead atoms. The molecule has 1 aliphatic carbocycles. The molecular weight excluding hydrogens is 152 g/mol. The Morgan fingerprint density at radius 1 is 1.33 bits per heavy atom. The summed E-state index contributed by atoms with van der Waals surface area (Å²) in [6.45, 7) is 2.45. The Morgan fingerprint density at radius 3 is 2.42 bits per heavy atom. The van der Waals surface area contributed by atoms with Crippen LogP contribution in [0.3, 0.4) is 0 Å². The lowest BCUT2D eigenvalue weighted by molar-refractivity contribution is 0.125. The zero-order valence-electron chi connectivity index (χ0n) is 7.16. The number of oxime groups is 1. The number of nitrogens with zero attached hydrogens (tertiary/aromatic N) is 2. The topological polar surface area (TPSA) is 35.8 Å². The standard InChI is InChI=1S/C9H14N2O/c12-10-8-7-1-5-11(6-2-7)9(8)3-4-9/h7,12H,1-6H2/b10-8+. The van der Waals surface area contributed by atoms with Crippen molar-refractivity contribution >= 4 is 5.71 Å². The second-order valence-electron chi connectivity index (χ2n) is 4.28. The van der Waals surface area contributed by atoms with E-state index in [1.165, 1.54) is 38.8 Å². The summed E-state index contributed by atoms with van der Waals surface area (Å²) in [4.78, 5) is 2.52. The third kappa shape index (κ3) is 0.637. The molecule has 0 radical (unpaired) electrons. The lowest BCUT2D eigenvalue weighted by Crippen LogP contribution is -2.57. The minimum Gasteiger partial charge on any atom is -0.411 e. The Kier molecular flexibility index (Phi) is 1.16. The van der Waals surface area contributed by atoms with Crippen LogP contribution >= 0.6 is 0 Å². The van der Waals surface area contributed by atoms with E-state index >= 15 is 0 Å². The monoisotopic (exact) mass is 166 g/mol. The van der Waals surface area contributed by atoms with Crippen molar-refractivity contribution in [3.63, 3.8) is 0 Å². The highest BCUT2D eigenvalue weighted by Crippen LogP contribution is 2.51. The smallest absolute Gasteiger partial charge is 0.0805 e. The van der Waals surface area contributed by atoms with Crippen molar-refractivity contribution in [2.45, 2.75) is 31.2 Å². The zero-order valence-corrected chi connectivity index (χ0v) is 7.16. The third-order valence-corrected chi connectivity index (χ3v) is 3.80. The molecule has 66 valence electrons. The van der Waals surface area contributed by atoms with Crippen LogP contribution in [0.1, 0.15) is 25.7 Å². The fourth-order valence-corrected chi connectivity index (χ4v) is 2.99. The number of fused-ring (bicyclic) bond motifs is 2. The lowest BCUT2D eigenvalue weighted by atomic mass is 9.80. The Hall–Kier alpha value is -0.570. The van der Waals surface area contributed by atoms with E-state index in [0.29, 0.717) is 5.92 Å². The predicted molar refractivity (Wildman–Crippen MR) is 45.5 cm³/mol. The first-order chi connectivity index (χ1) is 5.87. The Bertz CT molecular complexity index is 237. The summed E-state index contributed by atoms with van der Waals surface area (Å²) in [6.07, 6.45) is 4.87. The number of rotatable bonds is 0. The van der Waals surface area contributed by atoms with Crippen molar-refractivity contribution in [1.29, 1.82) is 0 Å². The van der Waals surface area contributed by atoms with Crippen LogP contribution in [0.25, 0.3) is 0 Å². The fraction of sp³-hybridized carbons (Fsp3) is 0.889. The Morgan fingerprint density at radius 2 is 2.00 bits per heavy atom. The van der Waals surface area contributed by atoms with Crippen molar-refractivity contribution in [2.24, 2.45) is 11.1 Å². The quantitative estimate of drug-likeness (QED) is 0.431. The predicted octanol–water partition coefficient (Wildman–Crippen LogP) is 1.07. The molecule has 1 spiro atoms. The van der Waals surface area contributed by atoms with Crippen LogP contribution in [0, 0.1) is 5.92 Å². The van der Waals surface area contributed by atoms with Crippen LogP contribution in [0.15, 0.2) is 5.16 Å². The van der Waals surface area contributed by atoms with Gasteiger partial charge in [0.15, 0.2) is 0 Å². The molecule has 3 heterocycles. The second kappa shape index (κ2) is 2.02. The molecule has 4 fully saturated rings. The zero-order chi connectivity index (χ0) is 8.18. The maximum Gasteiger partial charge on any atom is 0.0805 e. The highest BCUT2D eigenvalue weighted by molar-refractivity contribution is 5.99. The minimum atomic E-state index is 0.246. The molecule has 0 unspecified atom stereocenters. The molecule has 0 aromatic rings. The van der Waals surface area contributed by atoms with E-state index in [4.69, 9.17) is 5.21 Å². The largest absolute Gasteiger partial charge is 0.411 e. The van der Waals surface area contributed by atoms with Gasteiger partial charge in [-0.1, -0.05) is 5.16 Å². The molecule has 4 rings (SSSR count). The van der Waals surface area contributed by atoms with Gasteiger partial charge >= 0.3 is 0 Å². The summed E-state index contributed by atoms with van der Waals surface area (Å²) in [7, 11) is 0. The van der Waals surface area contributed by atoms with Gasteiger partial charge in [-0.15, -0.1) is 0 Å². The number of hydrogen-bond donors (Lipinski definition) is 1. The van der Waals surface area contributed by atoms with Gasteiger partial charge in [-0.05, 0) is 38.8 Å². The van der Waals surface area contributed by atoms with Gasteiger partial charge in [0, 0.05) is 5.92 Å². The first-order valence-corrected chi connectivity index (χ1v) is 4.84. The van der Waals surface area contributed by atoms with Crippen molar-refractivity contribution in [3.8, 4) is 0 Å². The molecule has 3 aliphatic heterocycles. The van der Waals surface area contributed by atoms with E-state index < -0.39 is 0 Å². The summed E-state index contributed by atoms with van der Waals surface area (Å²) in [5.74, 6) is 0.600.